The Bertz CT molecular complexity index is 422. The second-order valence-electron chi connectivity index (χ2n) is 7.04. The molecule has 3 rings (SSSR count). The van der Waals surface area contributed by atoms with E-state index in [2.05, 4.69) is 24.1 Å². The maximum Gasteiger partial charge on any atom is 0.228 e. The second kappa shape index (κ2) is 6.57. The fourth-order valence-corrected chi connectivity index (χ4v) is 4.53. The summed E-state index contributed by atoms with van der Waals surface area (Å²) >= 11 is 0. The Kier molecular flexibility index (Phi) is 4.71. The van der Waals surface area contributed by atoms with Gasteiger partial charge in [0.1, 0.15) is 0 Å². The monoisotopic (exact) mass is 307 g/mol. The molecule has 0 aromatic heterocycles. The summed E-state index contributed by atoms with van der Waals surface area (Å²) < 4.78 is 0. The molecule has 3 aliphatic heterocycles. The van der Waals surface area contributed by atoms with Crippen LogP contribution in [-0.4, -0.2) is 59.4 Å². The summed E-state index contributed by atoms with van der Waals surface area (Å²) in [5, 5.41) is 3.44. The van der Waals surface area contributed by atoms with Gasteiger partial charge in [0.25, 0.3) is 0 Å². The summed E-state index contributed by atoms with van der Waals surface area (Å²) in [7, 11) is 0. The molecule has 3 saturated heterocycles. The fourth-order valence-electron chi connectivity index (χ4n) is 4.53. The van der Waals surface area contributed by atoms with Crippen molar-refractivity contribution < 1.29 is 9.59 Å². The van der Waals surface area contributed by atoms with Crippen molar-refractivity contribution >= 4 is 11.8 Å². The number of fused-ring (bicyclic) bond motifs is 2. The third kappa shape index (κ3) is 2.75. The summed E-state index contributed by atoms with van der Waals surface area (Å²) in [4.78, 5) is 29.4. The van der Waals surface area contributed by atoms with Crippen LogP contribution >= 0.6 is 0 Å². The number of hydrogen-bond acceptors (Lipinski definition) is 3. The predicted octanol–water partition coefficient (Wildman–Crippen LogP) is 1.38. The van der Waals surface area contributed by atoms with Gasteiger partial charge in [-0.25, -0.2) is 0 Å². The smallest absolute Gasteiger partial charge is 0.228 e. The first-order valence-electron chi connectivity index (χ1n) is 8.98. The van der Waals surface area contributed by atoms with Crippen LogP contribution in [0.25, 0.3) is 0 Å². The Hall–Kier alpha value is -1.10. The normalized spacial score (nSPS) is 32.0. The predicted molar refractivity (Wildman–Crippen MR) is 85.3 cm³/mol. The van der Waals surface area contributed by atoms with Crippen molar-refractivity contribution in [2.75, 3.05) is 19.6 Å². The van der Waals surface area contributed by atoms with Gasteiger partial charge in [-0.3, -0.25) is 9.59 Å². The zero-order valence-corrected chi connectivity index (χ0v) is 13.9. The van der Waals surface area contributed by atoms with Crippen LogP contribution in [-0.2, 0) is 9.59 Å². The average Bonchev–Trinajstić information content (AvgIpc) is 2.99. The molecule has 22 heavy (non-hydrogen) atoms. The van der Waals surface area contributed by atoms with Gasteiger partial charge in [-0.1, -0.05) is 13.8 Å². The van der Waals surface area contributed by atoms with Crippen molar-refractivity contribution in [3.63, 3.8) is 0 Å². The van der Waals surface area contributed by atoms with Crippen LogP contribution in [0.1, 0.15) is 52.4 Å². The van der Waals surface area contributed by atoms with Gasteiger partial charge in [-0.2, -0.15) is 0 Å². The zero-order chi connectivity index (χ0) is 15.7. The molecule has 2 bridgehead atoms. The van der Waals surface area contributed by atoms with Crippen LogP contribution < -0.4 is 5.32 Å². The van der Waals surface area contributed by atoms with Crippen molar-refractivity contribution in [1.29, 1.82) is 0 Å². The Morgan fingerprint density at radius 1 is 1.23 bits per heavy atom. The minimum absolute atomic E-state index is 0.116. The number of likely N-dealkylation sites (tertiary alicyclic amines) is 1. The van der Waals surface area contributed by atoms with Crippen molar-refractivity contribution in [3.8, 4) is 0 Å². The molecule has 0 radical (unpaired) electrons. The van der Waals surface area contributed by atoms with E-state index in [1.54, 1.807) is 0 Å². The first-order chi connectivity index (χ1) is 10.7. The minimum atomic E-state index is -0.116. The topological polar surface area (TPSA) is 52.7 Å². The van der Waals surface area contributed by atoms with Crippen molar-refractivity contribution in [2.45, 2.75) is 70.5 Å². The van der Waals surface area contributed by atoms with Gasteiger partial charge in [-0.15, -0.1) is 0 Å². The van der Waals surface area contributed by atoms with Crippen LogP contribution in [0.2, 0.25) is 0 Å². The van der Waals surface area contributed by atoms with Gasteiger partial charge >= 0.3 is 0 Å². The number of rotatable bonds is 4. The zero-order valence-electron chi connectivity index (χ0n) is 13.9. The highest BCUT2D eigenvalue weighted by Gasteiger charge is 2.44. The number of nitrogens with zero attached hydrogens (tertiary/aromatic N) is 2. The first kappa shape index (κ1) is 15.8. The molecule has 0 aliphatic carbocycles. The third-order valence-corrected chi connectivity index (χ3v) is 5.80. The van der Waals surface area contributed by atoms with E-state index >= 15 is 0 Å². The van der Waals surface area contributed by atoms with E-state index in [9.17, 15) is 9.59 Å². The van der Waals surface area contributed by atoms with Crippen molar-refractivity contribution in [1.82, 2.24) is 15.1 Å². The Morgan fingerprint density at radius 2 is 1.95 bits per heavy atom. The Balaban J connectivity index is 1.69. The van der Waals surface area contributed by atoms with Crippen LogP contribution in [0, 0.1) is 5.92 Å². The van der Waals surface area contributed by atoms with Gasteiger partial charge < -0.3 is 15.1 Å². The molecule has 0 aromatic carbocycles. The highest BCUT2D eigenvalue weighted by molar-refractivity contribution is 5.90. The van der Waals surface area contributed by atoms with Gasteiger partial charge in [0.2, 0.25) is 11.8 Å². The highest BCUT2D eigenvalue weighted by Crippen LogP contribution is 2.32. The number of amides is 2. The largest absolute Gasteiger partial charge is 0.339 e. The molecule has 0 spiro atoms. The lowest BCUT2D eigenvalue weighted by molar-refractivity contribution is -0.138. The molecule has 124 valence electrons. The van der Waals surface area contributed by atoms with E-state index in [0.29, 0.717) is 31.1 Å². The van der Waals surface area contributed by atoms with Crippen LogP contribution in [0.4, 0.5) is 0 Å². The summed E-state index contributed by atoms with van der Waals surface area (Å²) in [6.07, 6.45) is 5.66. The summed E-state index contributed by atoms with van der Waals surface area (Å²) in [5.74, 6) is 0.291. The SMILES string of the molecule is CCC(CC)N1CC(C(=O)N2C3CCNCC2CC3)CC1=O. The lowest BCUT2D eigenvalue weighted by atomic mass is 10.1. The molecular formula is C17H29N3O2. The van der Waals surface area contributed by atoms with Gasteiger partial charge in [0, 0.05) is 37.6 Å². The highest BCUT2D eigenvalue weighted by atomic mass is 16.2. The standard InChI is InChI=1S/C17H29N3O2/c1-3-13(4-2)19-11-12(9-16(19)21)17(22)20-14-5-6-15(20)10-18-8-7-14/h12-15,18H,3-11H2,1-2H3. The van der Waals surface area contributed by atoms with E-state index in [0.717, 1.165) is 45.2 Å². The van der Waals surface area contributed by atoms with E-state index < -0.39 is 0 Å². The van der Waals surface area contributed by atoms with E-state index in [4.69, 9.17) is 0 Å². The van der Waals surface area contributed by atoms with Crippen molar-refractivity contribution in [2.24, 2.45) is 5.92 Å². The average molecular weight is 307 g/mol. The lowest BCUT2D eigenvalue weighted by Gasteiger charge is -2.31. The Labute approximate surface area is 133 Å². The number of carbonyl (C=O) groups is 2. The van der Waals surface area contributed by atoms with Crippen LogP contribution in [0.15, 0.2) is 0 Å². The number of hydrogen-bond donors (Lipinski definition) is 1. The van der Waals surface area contributed by atoms with Gasteiger partial charge in [0.05, 0.1) is 5.92 Å². The molecule has 3 atom stereocenters. The fraction of sp³-hybridized carbons (Fsp3) is 0.882. The molecule has 1 N–H and O–H groups in total. The van der Waals surface area contributed by atoms with E-state index in [1.807, 2.05) is 4.90 Å². The Morgan fingerprint density at radius 3 is 2.68 bits per heavy atom. The molecular weight excluding hydrogens is 278 g/mol. The minimum Gasteiger partial charge on any atom is -0.339 e. The molecule has 0 aromatic rings. The van der Waals surface area contributed by atoms with Gasteiger partial charge in [0.15, 0.2) is 0 Å². The molecule has 2 amide bonds. The quantitative estimate of drug-likeness (QED) is 0.853. The number of nitrogens with one attached hydrogen (secondary N) is 1. The lowest BCUT2D eigenvalue weighted by Crippen LogP contribution is -2.46. The molecule has 3 fully saturated rings. The first-order valence-corrected chi connectivity index (χ1v) is 8.98. The summed E-state index contributed by atoms with van der Waals surface area (Å²) in [6, 6.07) is 1.04. The summed E-state index contributed by atoms with van der Waals surface area (Å²) in [5.41, 5.74) is 0. The molecule has 3 unspecified atom stereocenters. The maximum absolute atomic E-state index is 13.0. The number of carbonyl (C=O) groups excluding carboxylic acids is 2. The van der Waals surface area contributed by atoms with Crippen LogP contribution in [0.3, 0.4) is 0 Å². The summed E-state index contributed by atoms with van der Waals surface area (Å²) in [6.45, 7) is 6.80. The van der Waals surface area contributed by atoms with E-state index in [1.165, 1.54) is 0 Å². The maximum atomic E-state index is 13.0. The second-order valence-corrected chi connectivity index (χ2v) is 7.04. The van der Waals surface area contributed by atoms with E-state index in [-0.39, 0.29) is 17.7 Å². The molecule has 5 nitrogen and oxygen atoms in total. The van der Waals surface area contributed by atoms with Crippen molar-refractivity contribution in [3.05, 3.63) is 0 Å². The molecule has 5 heteroatoms. The molecule has 3 aliphatic rings. The van der Waals surface area contributed by atoms with Crippen LogP contribution in [0.5, 0.6) is 0 Å². The molecule has 3 heterocycles. The third-order valence-electron chi connectivity index (χ3n) is 5.80. The molecule has 0 saturated carbocycles. The van der Waals surface area contributed by atoms with Gasteiger partial charge in [-0.05, 0) is 38.6 Å².